The molecule has 23 heavy (non-hydrogen) atoms. The molecule has 0 N–H and O–H groups in total. The number of hydrogen-bond donors (Lipinski definition) is 0. The van der Waals surface area contributed by atoms with Crippen LogP contribution in [0.1, 0.15) is 11.1 Å². The quantitative estimate of drug-likeness (QED) is 0.669. The van der Waals surface area contributed by atoms with Crippen LogP contribution < -0.4 is 10.3 Å². The van der Waals surface area contributed by atoms with E-state index in [1.807, 2.05) is 48.5 Å². The van der Waals surface area contributed by atoms with Crippen molar-refractivity contribution in [3.8, 4) is 16.9 Å². The predicted octanol–water partition coefficient (Wildman–Crippen LogP) is 4.31. The summed E-state index contributed by atoms with van der Waals surface area (Å²) < 4.78 is 6.95. The molecule has 1 atom stereocenters. The van der Waals surface area contributed by atoms with Crippen LogP contribution in [0.4, 0.5) is 0 Å². The molecule has 3 rings (SSSR count). The fourth-order valence-electron chi connectivity index (χ4n) is 2.50. The SMILES string of the molecule is COc1ccc(C(Cl)n2ccccc2=O)cc1-c1ccccc1. The van der Waals surface area contributed by atoms with E-state index in [1.54, 1.807) is 25.4 Å². The summed E-state index contributed by atoms with van der Waals surface area (Å²) in [6, 6.07) is 20.6. The molecule has 0 bridgehead atoms. The average Bonchev–Trinajstić information content (AvgIpc) is 2.62. The van der Waals surface area contributed by atoms with Gasteiger partial charge in [0.2, 0.25) is 0 Å². The van der Waals surface area contributed by atoms with E-state index >= 15 is 0 Å². The lowest BCUT2D eigenvalue weighted by atomic mass is 10.0. The molecule has 1 heterocycles. The molecule has 3 aromatic rings. The summed E-state index contributed by atoms with van der Waals surface area (Å²) in [5.74, 6) is 0.768. The van der Waals surface area contributed by atoms with Crippen molar-refractivity contribution in [2.75, 3.05) is 7.11 Å². The number of halogens is 1. The molecule has 4 heteroatoms. The first-order chi connectivity index (χ1) is 11.2. The third kappa shape index (κ3) is 3.15. The molecule has 2 aromatic carbocycles. The number of hydrogen-bond acceptors (Lipinski definition) is 2. The van der Waals surface area contributed by atoms with Crippen molar-refractivity contribution in [2.45, 2.75) is 5.50 Å². The molecule has 1 unspecified atom stereocenters. The first kappa shape index (κ1) is 15.4. The summed E-state index contributed by atoms with van der Waals surface area (Å²) >= 11 is 6.51. The number of aromatic nitrogens is 1. The Balaban J connectivity index is 2.08. The van der Waals surface area contributed by atoms with E-state index in [9.17, 15) is 4.79 Å². The molecule has 3 nitrogen and oxygen atoms in total. The van der Waals surface area contributed by atoms with Crippen molar-refractivity contribution in [3.05, 3.63) is 88.8 Å². The van der Waals surface area contributed by atoms with Gasteiger partial charge in [0.1, 0.15) is 11.3 Å². The summed E-state index contributed by atoms with van der Waals surface area (Å²) in [6.07, 6.45) is 1.69. The average molecular weight is 326 g/mol. The van der Waals surface area contributed by atoms with E-state index in [-0.39, 0.29) is 5.56 Å². The molecule has 116 valence electrons. The molecule has 0 radical (unpaired) electrons. The summed E-state index contributed by atoms with van der Waals surface area (Å²) in [5.41, 5.74) is 2.11. The lowest BCUT2D eigenvalue weighted by Crippen LogP contribution is -2.20. The van der Waals surface area contributed by atoms with Crippen LogP contribution in [0.15, 0.2) is 77.7 Å². The predicted molar refractivity (Wildman–Crippen MR) is 93.1 cm³/mol. The molecular weight excluding hydrogens is 310 g/mol. The Morgan fingerprint density at radius 3 is 2.43 bits per heavy atom. The Morgan fingerprint density at radius 1 is 1.00 bits per heavy atom. The summed E-state index contributed by atoms with van der Waals surface area (Å²) in [6.45, 7) is 0. The van der Waals surface area contributed by atoms with Gasteiger partial charge in [-0.3, -0.25) is 9.36 Å². The normalized spacial score (nSPS) is 11.9. The smallest absolute Gasteiger partial charge is 0.252 e. The topological polar surface area (TPSA) is 31.2 Å². The minimum Gasteiger partial charge on any atom is -0.496 e. The van der Waals surface area contributed by atoms with E-state index in [1.165, 1.54) is 10.6 Å². The zero-order chi connectivity index (χ0) is 16.2. The van der Waals surface area contributed by atoms with Crippen LogP contribution in [0, 0.1) is 0 Å². The third-order valence-corrected chi connectivity index (χ3v) is 4.14. The van der Waals surface area contributed by atoms with Crippen LogP contribution in [-0.2, 0) is 0 Å². The lowest BCUT2D eigenvalue weighted by Gasteiger charge is -2.16. The Bertz CT molecular complexity index is 858. The third-order valence-electron chi connectivity index (χ3n) is 3.68. The van der Waals surface area contributed by atoms with Crippen LogP contribution >= 0.6 is 11.6 Å². The van der Waals surface area contributed by atoms with Gasteiger partial charge in [0, 0.05) is 17.8 Å². The summed E-state index contributed by atoms with van der Waals surface area (Å²) in [7, 11) is 1.64. The molecule has 0 aliphatic carbocycles. The summed E-state index contributed by atoms with van der Waals surface area (Å²) in [4.78, 5) is 12.0. The fraction of sp³-hybridized carbons (Fsp3) is 0.105. The van der Waals surface area contributed by atoms with Gasteiger partial charge in [0.05, 0.1) is 7.11 Å². The second kappa shape index (κ2) is 6.71. The summed E-state index contributed by atoms with van der Waals surface area (Å²) in [5, 5.41) is 0. The van der Waals surface area contributed by atoms with Crippen molar-refractivity contribution in [2.24, 2.45) is 0 Å². The standard InChI is InChI=1S/C19H16ClNO2/c1-23-17-11-10-15(13-16(17)14-7-3-2-4-8-14)19(20)21-12-6-5-9-18(21)22/h2-13,19H,1H3. The second-order valence-corrected chi connectivity index (χ2v) is 5.52. The van der Waals surface area contributed by atoms with Gasteiger partial charge < -0.3 is 4.74 Å². The van der Waals surface area contributed by atoms with Crippen LogP contribution in [0.2, 0.25) is 0 Å². The molecule has 0 fully saturated rings. The van der Waals surface area contributed by atoms with Crippen LogP contribution in [0.25, 0.3) is 11.1 Å². The molecule has 0 amide bonds. The van der Waals surface area contributed by atoms with Gasteiger partial charge in [-0.15, -0.1) is 0 Å². The van der Waals surface area contributed by atoms with Crippen LogP contribution in [0.5, 0.6) is 5.75 Å². The number of alkyl halides is 1. The highest BCUT2D eigenvalue weighted by Crippen LogP contribution is 2.34. The van der Waals surface area contributed by atoms with E-state index in [2.05, 4.69) is 0 Å². The van der Waals surface area contributed by atoms with Crippen molar-refractivity contribution >= 4 is 11.6 Å². The molecular formula is C19H16ClNO2. The van der Waals surface area contributed by atoms with Crippen molar-refractivity contribution in [1.29, 1.82) is 0 Å². The van der Waals surface area contributed by atoms with Gasteiger partial charge in [-0.1, -0.05) is 54.1 Å². The van der Waals surface area contributed by atoms with Gasteiger partial charge in [-0.05, 0) is 29.3 Å². The largest absolute Gasteiger partial charge is 0.496 e. The van der Waals surface area contributed by atoms with Gasteiger partial charge in [0.15, 0.2) is 0 Å². The van der Waals surface area contributed by atoms with E-state index < -0.39 is 5.50 Å². The minimum absolute atomic E-state index is 0.135. The molecule has 0 saturated heterocycles. The maximum Gasteiger partial charge on any atom is 0.252 e. The van der Waals surface area contributed by atoms with Crippen molar-refractivity contribution < 1.29 is 4.74 Å². The van der Waals surface area contributed by atoms with Crippen LogP contribution in [-0.4, -0.2) is 11.7 Å². The highest BCUT2D eigenvalue weighted by Gasteiger charge is 2.14. The van der Waals surface area contributed by atoms with E-state index in [0.717, 1.165) is 22.4 Å². The van der Waals surface area contributed by atoms with Crippen molar-refractivity contribution in [1.82, 2.24) is 4.57 Å². The van der Waals surface area contributed by atoms with Gasteiger partial charge in [0.25, 0.3) is 5.56 Å². The zero-order valence-corrected chi connectivity index (χ0v) is 13.4. The second-order valence-electron chi connectivity index (χ2n) is 5.11. The number of benzene rings is 2. The first-order valence-electron chi connectivity index (χ1n) is 7.25. The number of ether oxygens (including phenoxy) is 1. The monoisotopic (exact) mass is 325 g/mol. The van der Waals surface area contributed by atoms with Crippen molar-refractivity contribution in [3.63, 3.8) is 0 Å². The van der Waals surface area contributed by atoms with Gasteiger partial charge in [-0.2, -0.15) is 0 Å². The van der Waals surface area contributed by atoms with E-state index in [4.69, 9.17) is 16.3 Å². The fourth-order valence-corrected chi connectivity index (χ4v) is 2.80. The minimum atomic E-state index is -0.572. The maximum absolute atomic E-state index is 12.0. The first-order valence-corrected chi connectivity index (χ1v) is 7.69. The lowest BCUT2D eigenvalue weighted by molar-refractivity contribution is 0.416. The van der Waals surface area contributed by atoms with Gasteiger partial charge >= 0.3 is 0 Å². The number of pyridine rings is 1. The maximum atomic E-state index is 12.0. The number of nitrogens with zero attached hydrogens (tertiary/aromatic N) is 1. The zero-order valence-electron chi connectivity index (χ0n) is 12.6. The molecule has 1 aromatic heterocycles. The van der Waals surface area contributed by atoms with Crippen LogP contribution in [0.3, 0.4) is 0 Å². The Labute approximate surface area is 139 Å². The Kier molecular flexibility index (Phi) is 4.49. The molecule has 0 spiro atoms. The molecule has 0 aliphatic heterocycles. The highest BCUT2D eigenvalue weighted by molar-refractivity contribution is 6.20. The number of methoxy groups -OCH3 is 1. The van der Waals surface area contributed by atoms with E-state index in [0.29, 0.717) is 0 Å². The Hall–Kier alpha value is -2.52. The highest BCUT2D eigenvalue weighted by atomic mass is 35.5. The molecule has 0 saturated carbocycles. The number of rotatable bonds is 4. The van der Waals surface area contributed by atoms with Gasteiger partial charge in [-0.25, -0.2) is 0 Å². The Morgan fingerprint density at radius 2 is 1.74 bits per heavy atom. The molecule has 0 aliphatic rings.